The van der Waals surface area contributed by atoms with Crippen LogP contribution in [0, 0.1) is 13.8 Å². The van der Waals surface area contributed by atoms with Crippen molar-refractivity contribution in [1.29, 1.82) is 0 Å². The van der Waals surface area contributed by atoms with Crippen molar-refractivity contribution in [2.45, 2.75) is 39.8 Å². The largest absolute Gasteiger partial charge is 0.478 e. The van der Waals surface area contributed by atoms with Crippen LogP contribution in [0.25, 0.3) is 10.9 Å². The third kappa shape index (κ3) is 2.94. The number of hydrogen-bond donors (Lipinski definition) is 1. The molecule has 0 spiro atoms. The summed E-state index contributed by atoms with van der Waals surface area (Å²) in [5.41, 5.74) is 3.44. The Balaban J connectivity index is 1.36. The van der Waals surface area contributed by atoms with Crippen molar-refractivity contribution >= 4 is 16.8 Å². The fourth-order valence-electron chi connectivity index (χ4n) is 3.45. The SMILES string of the molecule is Cc1c(C(=O)NCCCn2nc(C)c3ccccc32)nn2c1OCCC2. The van der Waals surface area contributed by atoms with Crippen LogP contribution in [-0.2, 0) is 13.1 Å². The molecule has 3 aromatic rings. The third-order valence-electron chi connectivity index (χ3n) is 4.77. The maximum atomic E-state index is 12.4. The molecule has 3 heterocycles. The van der Waals surface area contributed by atoms with Gasteiger partial charge in [0.15, 0.2) is 5.69 Å². The Morgan fingerprint density at radius 2 is 2.12 bits per heavy atom. The summed E-state index contributed by atoms with van der Waals surface area (Å²) in [6.07, 6.45) is 1.73. The van der Waals surface area contributed by atoms with E-state index in [0.717, 1.165) is 48.6 Å². The molecule has 7 heteroatoms. The van der Waals surface area contributed by atoms with E-state index in [1.165, 1.54) is 5.39 Å². The molecular weight excluding hydrogens is 330 g/mol. The molecule has 1 aromatic carbocycles. The number of benzene rings is 1. The second kappa shape index (κ2) is 6.82. The van der Waals surface area contributed by atoms with Crippen LogP contribution in [0.1, 0.15) is 34.6 Å². The Kier molecular flexibility index (Phi) is 4.36. The number of hydrogen-bond acceptors (Lipinski definition) is 4. The molecule has 4 rings (SSSR count). The lowest BCUT2D eigenvalue weighted by molar-refractivity contribution is 0.0946. The van der Waals surface area contributed by atoms with E-state index in [9.17, 15) is 4.79 Å². The molecule has 7 nitrogen and oxygen atoms in total. The molecule has 0 unspecified atom stereocenters. The van der Waals surface area contributed by atoms with Crippen molar-refractivity contribution in [1.82, 2.24) is 24.9 Å². The highest BCUT2D eigenvalue weighted by Gasteiger charge is 2.22. The van der Waals surface area contributed by atoms with Crippen molar-refractivity contribution < 1.29 is 9.53 Å². The average molecular weight is 353 g/mol. The zero-order valence-corrected chi connectivity index (χ0v) is 15.2. The predicted molar refractivity (Wildman–Crippen MR) is 98.5 cm³/mol. The van der Waals surface area contributed by atoms with Gasteiger partial charge in [-0.3, -0.25) is 9.48 Å². The molecule has 0 fully saturated rings. The number of nitrogens with one attached hydrogen (secondary N) is 1. The first kappa shape index (κ1) is 16.6. The number of fused-ring (bicyclic) bond motifs is 2. The Morgan fingerprint density at radius 1 is 1.27 bits per heavy atom. The van der Waals surface area contributed by atoms with Crippen LogP contribution < -0.4 is 10.1 Å². The number of para-hydroxylation sites is 1. The van der Waals surface area contributed by atoms with E-state index in [0.29, 0.717) is 18.8 Å². The lowest BCUT2D eigenvalue weighted by Gasteiger charge is -2.14. The highest BCUT2D eigenvalue weighted by Crippen LogP contribution is 2.24. The monoisotopic (exact) mass is 353 g/mol. The van der Waals surface area contributed by atoms with E-state index in [-0.39, 0.29) is 5.91 Å². The predicted octanol–water partition coefficient (Wildman–Crippen LogP) is 2.45. The fraction of sp³-hybridized carbons (Fsp3) is 0.421. The van der Waals surface area contributed by atoms with Crippen molar-refractivity contribution in [3.05, 3.63) is 41.2 Å². The van der Waals surface area contributed by atoms with E-state index >= 15 is 0 Å². The van der Waals surface area contributed by atoms with Gasteiger partial charge in [-0.05, 0) is 26.3 Å². The van der Waals surface area contributed by atoms with Crippen LogP contribution in [0.2, 0.25) is 0 Å². The van der Waals surface area contributed by atoms with E-state index in [1.807, 2.05) is 30.7 Å². The smallest absolute Gasteiger partial charge is 0.272 e. The van der Waals surface area contributed by atoms with Gasteiger partial charge in [-0.25, -0.2) is 4.68 Å². The topological polar surface area (TPSA) is 74.0 Å². The first-order valence-corrected chi connectivity index (χ1v) is 9.05. The molecular formula is C19H23N5O2. The summed E-state index contributed by atoms with van der Waals surface area (Å²) in [5.74, 6) is 0.578. The van der Waals surface area contributed by atoms with Crippen molar-refractivity contribution in [3.63, 3.8) is 0 Å². The van der Waals surface area contributed by atoms with Gasteiger partial charge in [0.05, 0.1) is 17.8 Å². The summed E-state index contributed by atoms with van der Waals surface area (Å²) >= 11 is 0. The molecule has 0 saturated heterocycles. The van der Waals surface area contributed by atoms with Crippen LogP contribution in [0.3, 0.4) is 0 Å². The quantitative estimate of drug-likeness (QED) is 0.715. The number of carbonyl (C=O) groups is 1. The molecule has 1 aliphatic heterocycles. The minimum Gasteiger partial charge on any atom is -0.478 e. The maximum absolute atomic E-state index is 12.4. The van der Waals surface area contributed by atoms with Gasteiger partial charge in [0, 0.05) is 37.0 Å². The van der Waals surface area contributed by atoms with E-state index < -0.39 is 0 Å². The number of ether oxygens (including phenoxy) is 1. The van der Waals surface area contributed by atoms with Crippen LogP contribution in [0.5, 0.6) is 5.88 Å². The second-order valence-electron chi connectivity index (χ2n) is 6.64. The number of aromatic nitrogens is 4. The van der Waals surface area contributed by atoms with Crippen molar-refractivity contribution in [2.24, 2.45) is 0 Å². The highest BCUT2D eigenvalue weighted by molar-refractivity contribution is 5.94. The molecule has 26 heavy (non-hydrogen) atoms. The Hall–Kier alpha value is -2.83. The lowest BCUT2D eigenvalue weighted by Crippen LogP contribution is -2.26. The lowest BCUT2D eigenvalue weighted by atomic mass is 10.2. The van der Waals surface area contributed by atoms with Crippen molar-refractivity contribution in [3.8, 4) is 5.88 Å². The van der Waals surface area contributed by atoms with Gasteiger partial charge >= 0.3 is 0 Å². The minimum atomic E-state index is -0.144. The van der Waals surface area contributed by atoms with Gasteiger partial charge in [-0.1, -0.05) is 18.2 Å². The summed E-state index contributed by atoms with van der Waals surface area (Å²) in [5, 5.41) is 13.1. The Morgan fingerprint density at radius 3 is 2.96 bits per heavy atom. The van der Waals surface area contributed by atoms with Gasteiger partial charge in [-0.2, -0.15) is 10.2 Å². The molecule has 0 atom stereocenters. The van der Waals surface area contributed by atoms with E-state index in [1.54, 1.807) is 4.68 Å². The maximum Gasteiger partial charge on any atom is 0.272 e. The molecule has 0 aliphatic carbocycles. The Bertz CT molecular complexity index is 956. The van der Waals surface area contributed by atoms with Crippen LogP contribution in [0.4, 0.5) is 0 Å². The highest BCUT2D eigenvalue weighted by atomic mass is 16.5. The van der Waals surface area contributed by atoms with Crippen LogP contribution in [0.15, 0.2) is 24.3 Å². The summed E-state index contributed by atoms with van der Waals surface area (Å²) in [7, 11) is 0. The van der Waals surface area contributed by atoms with Gasteiger partial charge < -0.3 is 10.1 Å². The normalized spacial score (nSPS) is 13.5. The van der Waals surface area contributed by atoms with E-state index in [4.69, 9.17) is 4.74 Å². The van der Waals surface area contributed by atoms with Crippen LogP contribution >= 0.6 is 0 Å². The van der Waals surface area contributed by atoms with Crippen molar-refractivity contribution in [2.75, 3.05) is 13.2 Å². The summed E-state index contributed by atoms with van der Waals surface area (Å²) in [4.78, 5) is 12.4. The number of amides is 1. The molecule has 2 aromatic heterocycles. The minimum absolute atomic E-state index is 0.144. The van der Waals surface area contributed by atoms with Crippen LogP contribution in [-0.4, -0.2) is 38.6 Å². The molecule has 0 saturated carbocycles. The van der Waals surface area contributed by atoms with Gasteiger partial charge in [0.25, 0.3) is 5.91 Å². The zero-order valence-electron chi connectivity index (χ0n) is 15.2. The van der Waals surface area contributed by atoms with E-state index in [2.05, 4.69) is 27.6 Å². The number of rotatable bonds is 5. The number of nitrogens with zero attached hydrogens (tertiary/aromatic N) is 4. The molecule has 1 N–H and O–H groups in total. The summed E-state index contributed by atoms with van der Waals surface area (Å²) < 4.78 is 9.41. The standard InChI is InChI=1S/C19H23N5O2/c1-13-17(22-24-11-6-12-26-19(13)24)18(25)20-9-5-10-23-16-8-4-3-7-15(16)14(2)21-23/h3-4,7-8H,5-6,9-12H2,1-2H3,(H,20,25). The molecule has 0 bridgehead atoms. The van der Waals surface area contributed by atoms with Gasteiger partial charge in [0.1, 0.15) is 0 Å². The molecule has 136 valence electrons. The first-order valence-electron chi connectivity index (χ1n) is 9.05. The average Bonchev–Trinajstić information content (AvgIpc) is 3.17. The molecule has 1 aliphatic rings. The summed E-state index contributed by atoms with van der Waals surface area (Å²) in [6, 6.07) is 8.21. The second-order valence-corrected chi connectivity index (χ2v) is 6.64. The zero-order chi connectivity index (χ0) is 18.1. The molecule has 0 radical (unpaired) electrons. The summed E-state index contributed by atoms with van der Waals surface area (Å²) in [6.45, 7) is 6.73. The third-order valence-corrected chi connectivity index (χ3v) is 4.77. The molecule has 1 amide bonds. The van der Waals surface area contributed by atoms with Gasteiger partial charge in [0.2, 0.25) is 5.88 Å². The van der Waals surface area contributed by atoms with Gasteiger partial charge in [-0.15, -0.1) is 0 Å². The Labute approximate surface area is 151 Å². The number of carbonyl (C=O) groups excluding carboxylic acids is 1. The number of aryl methyl sites for hydroxylation is 3. The fourth-order valence-corrected chi connectivity index (χ4v) is 3.45. The first-order chi connectivity index (χ1) is 12.6.